The standard InChI is InChI=1S/C24H28FNO3/c1-5-6-7-8-19-9-14-22(23(25)17-19)20-10-12-21(13-11-20)28-15-16-29-24(27)18(2)26(3)4/h9-17H,2,5-8H2,1,3-4H3/b16-15-. The van der Waals surface area contributed by atoms with Gasteiger partial charge in [0.1, 0.15) is 29.8 Å². The van der Waals surface area contributed by atoms with Crippen molar-refractivity contribution in [3.05, 3.63) is 78.6 Å². The molecule has 0 radical (unpaired) electrons. The summed E-state index contributed by atoms with van der Waals surface area (Å²) in [5, 5.41) is 0. The number of aryl methyl sites for hydroxylation is 1. The van der Waals surface area contributed by atoms with Crippen molar-refractivity contribution in [1.29, 1.82) is 0 Å². The van der Waals surface area contributed by atoms with Crippen LogP contribution in [0.1, 0.15) is 31.7 Å². The van der Waals surface area contributed by atoms with Crippen molar-refractivity contribution in [2.45, 2.75) is 32.6 Å². The third-order valence-electron chi connectivity index (χ3n) is 4.48. The van der Waals surface area contributed by atoms with Gasteiger partial charge in [0.15, 0.2) is 0 Å². The van der Waals surface area contributed by atoms with E-state index in [0.717, 1.165) is 43.1 Å². The van der Waals surface area contributed by atoms with Gasteiger partial charge < -0.3 is 14.4 Å². The molecule has 2 aromatic carbocycles. The predicted octanol–water partition coefficient (Wildman–Crippen LogP) is 5.69. The van der Waals surface area contributed by atoms with Gasteiger partial charge in [0.05, 0.1) is 0 Å². The van der Waals surface area contributed by atoms with Gasteiger partial charge in [-0.3, -0.25) is 0 Å². The molecule has 0 saturated carbocycles. The van der Waals surface area contributed by atoms with Crippen molar-refractivity contribution in [3.8, 4) is 16.9 Å². The number of halogens is 1. The molecule has 0 bridgehead atoms. The summed E-state index contributed by atoms with van der Waals surface area (Å²) in [4.78, 5) is 13.2. The van der Waals surface area contributed by atoms with Gasteiger partial charge in [0, 0.05) is 19.7 Å². The van der Waals surface area contributed by atoms with Crippen LogP contribution >= 0.6 is 0 Å². The lowest BCUT2D eigenvalue weighted by Gasteiger charge is -2.12. The fourth-order valence-corrected chi connectivity index (χ4v) is 2.69. The van der Waals surface area contributed by atoms with E-state index in [-0.39, 0.29) is 11.5 Å². The molecular weight excluding hydrogens is 369 g/mol. The van der Waals surface area contributed by atoms with Crippen LogP contribution < -0.4 is 4.74 Å². The maximum Gasteiger partial charge on any atom is 0.358 e. The summed E-state index contributed by atoms with van der Waals surface area (Å²) in [6.07, 6.45) is 6.70. The minimum atomic E-state index is -0.557. The van der Waals surface area contributed by atoms with Gasteiger partial charge in [-0.25, -0.2) is 9.18 Å². The molecule has 0 aromatic heterocycles. The summed E-state index contributed by atoms with van der Waals surface area (Å²) < 4.78 is 24.8. The van der Waals surface area contributed by atoms with Gasteiger partial charge in [-0.15, -0.1) is 0 Å². The highest BCUT2D eigenvalue weighted by molar-refractivity contribution is 5.87. The summed E-state index contributed by atoms with van der Waals surface area (Å²) in [5.74, 6) is -0.233. The molecule has 4 nitrogen and oxygen atoms in total. The molecule has 5 heteroatoms. The van der Waals surface area contributed by atoms with Crippen molar-refractivity contribution in [1.82, 2.24) is 4.90 Å². The second-order valence-electron chi connectivity index (χ2n) is 6.93. The summed E-state index contributed by atoms with van der Waals surface area (Å²) in [6.45, 7) is 5.76. The number of benzene rings is 2. The highest BCUT2D eigenvalue weighted by Gasteiger charge is 2.09. The van der Waals surface area contributed by atoms with Crippen LogP contribution in [0.2, 0.25) is 0 Å². The molecule has 154 valence electrons. The Labute approximate surface area is 172 Å². The highest BCUT2D eigenvalue weighted by atomic mass is 19.1. The Hall–Kier alpha value is -3.08. The van der Waals surface area contributed by atoms with Gasteiger partial charge in [0.25, 0.3) is 0 Å². The molecule has 2 rings (SSSR count). The van der Waals surface area contributed by atoms with Crippen LogP contribution in [-0.4, -0.2) is 25.0 Å². The van der Waals surface area contributed by atoms with E-state index in [9.17, 15) is 9.18 Å². The molecule has 0 amide bonds. The maximum atomic E-state index is 14.5. The van der Waals surface area contributed by atoms with Crippen molar-refractivity contribution >= 4 is 5.97 Å². The fourth-order valence-electron chi connectivity index (χ4n) is 2.69. The van der Waals surface area contributed by atoms with Gasteiger partial charge in [-0.1, -0.05) is 50.6 Å². The molecule has 0 aliphatic rings. The first-order valence-corrected chi connectivity index (χ1v) is 9.70. The van der Waals surface area contributed by atoms with Crippen molar-refractivity contribution < 1.29 is 18.7 Å². The third-order valence-corrected chi connectivity index (χ3v) is 4.48. The molecule has 0 heterocycles. The second kappa shape index (κ2) is 11.1. The lowest BCUT2D eigenvalue weighted by atomic mass is 10.0. The van der Waals surface area contributed by atoms with Crippen molar-refractivity contribution in [2.24, 2.45) is 0 Å². The molecular formula is C24H28FNO3. The second-order valence-corrected chi connectivity index (χ2v) is 6.93. The van der Waals surface area contributed by atoms with Crippen LogP contribution in [0, 0.1) is 5.82 Å². The number of esters is 1. The average Bonchev–Trinajstić information content (AvgIpc) is 2.71. The number of unbranched alkanes of at least 4 members (excludes halogenated alkanes) is 2. The molecule has 0 spiro atoms. The normalized spacial score (nSPS) is 10.8. The summed E-state index contributed by atoms with van der Waals surface area (Å²) in [7, 11) is 3.41. The highest BCUT2D eigenvalue weighted by Crippen LogP contribution is 2.26. The summed E-state index contributed by atoms with van der Waals surface area (Å²) in [6, 6.07) is 12.5. The molecule has 0 aliphatic heterocycles. The molecule has 0 aliphatic carbocycles. The van der Waals surface area contributed by atoms with Gasteiger partial charge in [0.2, 0.25) is 0 Å². The van der Waals surface area contributed by atoms with Crippen molar-refractivity contribution in [2.75, 3.05) is 14.1 Å². The van der Waals surface area contributed by atoms with Gasteiger partial charge >= 0.3 is 5.97 Å². The molecule has 0 N–H and O–H groups in total. The summed E-state index contributed by atoms with van der Waals surface area (Å²) >= 11 is 0. The average molecular weight is 397 g/mol. The number of carbonyl (C=O) groups is 1. The van der Waals surface area contributed by atoms with Crippen molar-refractivity contribution in [3.63, 3.8) is 0 Å². The topological polar surface area (TPSA) is 38.8 Å². The van der Waals surface area contributed by atoms with Crippen LogP contribution in [0.25, 0.3) is 11.1 Å². The fraction of sp³-hybridized carbons (Fsp3) is 0.292. The molecule has 0 saturated heterocycles. The Kier molecular flexibility index (Phi) is 8.46. The molecule has 29 heavy (non-hydrogen) atoms. The maximum absolute atomic E-state index is 14.5. The van der Waals surface area contributed by atoms with Crippen LogP contribution in [0.3, 0.4) is 0 Å². The van der Waals surface area contributed by atoms with Crippen LogP contribution in [-0.2, 0) is 16.0 Å². The first kappa shape index (κ1) is 22.2. The number of ether oxygens (including phenoxy) is 2. The van der Waals surface area contributed by atoms with E-state index in [1.165, 1.54) is 6.26 Å². The number of hydrogen-bond acceptors (Lipinski definition) is 4. The predicted molar refractivity (Wildman–Crippen MR) is 114 cm³/mol. The molecule has 2 aromatic rings. The third kappa shape index (κ3) is 6.79. The Bertz CT molecular complexity index is 857. The van der Waals surface area contributed by atoms with E-state index in [2.05, 4.69) is 13.5 Å². The number of carbonyl (C=O) groups excluding carboxylic acids is 1. The lowest BCUT2D eigenvalue weighted by Crippen LogP contribution is -2.18. The SMILES string of the molecule is C=C(C(=O)O/C=C\Oc1ccc(-c2ccc(CCCCC)cc2F)cc1)N(C)C. The van der Waals surface area contributed by atoms with E-state index in [1.54, 1.807) is 49.3 Å². The first-order chi connectivity index (χ1) is 13.9. The van der Waals surface area contributed by atoms with E-state index in [1.807, 2.05) is 12.1 Å². The van der Waals surface area contributed by atoms with Crippen LogP contribution in [0.5, 0.6) is 5.75 Å². The number of nitrogens with zero attached hydrogens (tertiary/aromatic N) is 1. The zero-order valence-electron chi connectivity index (χ0n) is 17.3. The zero-order valence-corrected chi connectivity index (χ0v) is 17.3. The van der Waals surface area contributed by atoms with Crippen LogP contribution in [0.15, 0.2) is 67.3 Å². The number of likely N-dealkylation sites (N-methyl/N-ethyl adjacent to an activating group) is 1. The molecule has 0 atom stereocenters. The zero-order chi connectivity index (χ0) is 21.2. The number of hydrogen-bond donors (Lipinski definition) is 0. The quantitative estimate of drug-likeness (QED) is 0.223. The Balaban J connectivity index is 1.94. The minimum Gasteiger partial charge on any atom is -0.462 e. The smallest absolute Gasteiger partial charge is 0.358 e. The molecule has 0 fully saturated rings. The molecule has 0 unspecified atom stereocenters. The van der Waals surface area contributed by atoms with Gasteiger partial charge in [-0.05, 0) is 42.2 Å². The lowest BCUT2D eigenvalue weighted by molar-refractivity contribution is -0.135. The Morgan fingerprint density at radius 1 is 1.10 bits per heavy atom. The minimum absolute atomic E-state index is 0.222. The Morgan fingerprint density at radius 3 is 2.45 bits per heavy atom. The monoisotopic (exact) mass is 397 g/mol. The van der Waals surface area contributed by atoms with Gasteiger partial charge in [-0.2, -0.15) is 0 Å². The van der Waals surface area contributed by atoms with Crippen LogP contribution in [0.4, 0.5) is 4.39 Å². The van der Waals surface area contributed by atoms with E-state index in [0.29, 0.717) is 11.3 Å². The first-order valence-electron chi connectivity index (χ1n) is 9.70. The van der Waals surface area contributed by atoms with E-state index in [4.69, 9.17) is 9.47 Å². The largest absolute Gasteiger partial charge is 0.462 e. The summed E-state index contributed by atoms with van der Waals surface area (Å²) in [5.41, 5.74) is 2.59. The number of rotatable bonds is 10. The Morgan fingerprint density at radius 2 is 1.83 bits per heavy atom. The van der Waals surface area contributed by atoms with E-state index < -0.39 is 5.97 Å². The van der Waals surface area contributed by atoms with E-state index >= 15 is 0 Å².